The molecule has 0 saturated heterocycles. The van der Waals surface area contributed by atoms with Gasteiger partial charge in [-0.3, -0.25) is 4.99 Å². The molecular formula is C14H23FIN3O2S. The van der Waals surface area contributed by atoms with E-state index in [4.69, 9.17) is 0 Å². The van der Waals surface area contributed by atoms with Crippen molar-refractivity contribution in [3.05, 3.63) is 30.1 Å². The first-order valence-electron chi connectivity index (χ1n) is 6.93. The van der Waals surface area contributed by atoms with E-state index in [-0.39, 0.29) is 41.2 Å². The molecule has 0 unspecified atom stereocenters. The van der Waals surface area contributed by atoms with Crippen molar-refractivity contribution >= 4 is 39.8 Å². The Morgan fingerprint density at radius 1 is 1.23 bits per heavy atom. The molecule has 0 spiro atoms. The second-order valence-electron chi connectivity index (χ2n) is 4.53. The third-order valence-electron chi connectivity index (χ3n) is 2.88. The maximum atomic E-state index is 13.5. The average Bonchev–Trinajstić information content (AvgIpc) is 2.46. The van der Waals surface area contributed by atoms with Crippen molar-refractivity contribution in [1.29, 1.82) is 0 Å². The zero-order valence-corrected chi connectivity index (χ0v) is 15.9. The number of nitrogens with one attached hydrogen (secondary N) is 2. The summed E-state index contributed by atoms with van der Waals surface area (Å²) in [7, 11) is -2.02. The van der Waals surface area contributed by atoms with E-state index in [0.717, 1.165) is 25.5 Å². The van der Waals surface area contributed by atoms with Crippen LogP contribution in [0.4, 0.5) is 4.39 Å². The lowest BCUT2D eigenvalue weighted by Gasteiger charge is -2.11. The molecule has 0 fully saturated rings. The van der Waals surface area contributed by atoms with E-state index in [1.54, 1.807) is 7.05 Å². The van der Waals surface area contributed by atoms with Crippen molar-refractivity contribution in [3.8, 4) is 0 Å². The lowest BCUT2D eigenvalue weighted by atomic mass is 10.3. The molecule has 0 amide bonds. The minimum Gasteiger partial charge on any atom is -0.356 e. The number of unbranched alkanes of at least 4 members (excludes halogenated alkanes) is 1. The summed E-state index contributed by atoms with van der Waals surface area (Å²) in [6.07, 6.45) is 2.07. The highest BCUT2D eigenvalue weighted by atomic mass is 127. The zero-order chi connectivity index (χ0) is 15.7. The number of hydrogen-bond acceptors (Lipinski definition) is 3. The average molecular weight is 443 g/mol. The Bertz CT molecular complexity index is 579. The number of hydrogen-bond donors (Lipinski definition) is 2. The third-order valence-corrected chi connectivity index (χ3v) is 4.62. The maximum absolute atomic E-state index is 13.5. The molecule has 5 nitrogen and oxygen atoms in total. The van der Waals surface area contributed by atoms with E-state index in [9.17, 15) is 12.8 Å². The van der Waals surface area contributed by atoms with Crippen LogP contribution in [0.5, 0.6) is 0 Å². The van der Waals surface area contributed by atoms with Crippen molar-refractivity contribution in [1.82, 2.24) is 10.6 Å². The summed E-state index contributed by atoms with van der Waals surface area (Å²) in [6.45, 7) is 3.03. The predicted octanol–water partition coefficient (Wildman–Crippen LogP) is 2.18. The van der Waals surface area contributed by atoms with Gasteiger partial charge < -0.3 is 10.6 Å². The van der Waals surface area contributed by atoms with Gasteiger partial charge in [0.15, 0.2) is 15.8 Å². The molecule has 0 aliphatic carbocycles. The van der Waals surface area contributed by atoms with E-state index >= 15 is 0 Å². The molecule has 1 rings (SSSR count). The van der Waals surface area contributed by atoms with Crippen LogP contribution in [0.3, 0.4) is 0 Å². The quantitative estimate of drug-likeness (QED) is 0.294. The van der Waals surface area contributed by atoms with E-state index in [1.807, 2.05) is 0 Å². The lowest BCUT2D eigenvalue weighted by Crippen LogP contribution is -2.40. The largest absolute Gasteiger partial charge is 0.356 e. The number of halogens is 2. The second kappa shape index (κ2) is 10.8. The van der Waals surface area contributed by atoms with Gasteiger partial charge in [0.25, 0.3) is 0 Å². The molecule has 0 aliphatic rings. The van der Waals surface area contributed by atoms with Crippen LogP contribution in [-0.2, 0) is 9.84 Å². The predicted molar refractivity (Wildman–Crippen MR) is 98.1 cm³/mol. The summed E-state index contributed by atoms with van der Waals surface area (Å²) in [5, 5.41) is 5.99. The molecule has 0 heterocycles. The molecule has 126 valence electrons. The maximum Gasteiger partial charge on any atom is 0.191 e. The Labute approximate surface area is 148 Å². The Balaban J connectivity index is 0.00000441. The summed E-state index contributed by atoms with van der Waals surface area (Å²) in [6, 6.07) is 5.39. The van der Waals surface area contributed by atoms with Crippen LogP contribution in [0.25, 0.3) is 0 Å². The molecular weight excluding hydrogens is 420 g/mol. The number of aliphatic imine (C=N–C) groups is 1. The minimum atomic E-state index is -3.64. The Kier molecular flexibility index (Phi) is 10.3. The summed E-state index contributed by atoms with van der Waals surface area (Å²) in [4.78, 5) is 3.73. The number of benzene rings is 1. The van der Waals surface area contributed by atoms with E-state index in [0.29, 0.717) is 5.96 Å². The van der Waals surface area contributed by atoms with Crippen molar-refractivity contribution in [2.75, 3.05) is 25.9 Å². The fourth-order valence-electron chi connectivity index (χ4n) is 1.71. The first kappa shape index (κ1) is 21.1. The van der Waals surface area contributed by atoms with Crippen molar-refractivity contribution in [2.45, 2.75) is 24.7 Å². The van der Waals surface area contributed by atoms with Gasteiger partial charge in [-0.15, -0.1) is 24.0 Å². The molecule has 8 heteroatoms. The summed E-state index contributed by atoms with van der Waals surface area (Å²) < 4.78 is 37.6. The van der Waals surface area contributed by atoms with Gasteiger partial charge in [0.05, 0.1) is 5.75 Å². The molecule has 0 radical (unpaired) electrons. The number of guanidine groups is 1. The fraction of sp³-hybridized carbons (Fsp3) is 0.500. The molecule has 0 atom stereocenters. The molecule has 0 aromatic heterocycles. The molecule has 1 aromatic rings. The normalized spacial score (nSPS) is 11.7. The molecule has 22 heavy (non-hydrogen) atoms. The van der Waals surface area contributed by atoms with Crippen LogP contribution in [0.1, 0.15) is 19.8 Å². The van der Waals surface area contributed by atoms with Crippen LogP contribution in [0.2, 0.25) is 0 Å². The van der Waals surface area contributed by atoms with Crippen LogP contribution in [0, 0.1) is 5.82 Å². The molecule has 2 N–H and O–H groups in total. The fourth-order valence-corrected chi connectivity index (χ4v) is 2.96. The summed E-state index contributed by atoms with van der Waals surface area (Å²) in [5.74, 6) is -0.363. The molecule has 1 aromatic carbocycles. The van der Waals surface area contributed by atoms with E-state index in [1.165, 1.54) is 18.2 Å². The Morgan fingerprint density at radius 2 is 1.86 bits per heavy atom. The van der Waals surface area contributed by atoms with Crippen LogP contribution >= 0.6 is 24.0 Å². The third kappa shape index (κ3) is 6.91. The van der Waals surface area contributed by atoms with Gasteiger partial charge in [-0.05, 0) is 18.6 Å². The second-order valence-corrected chi connectivity index (χ2v) is 6.61. The van der Waals surface area contributed by atoms with E-state index < -0.39 is 15.7 Å². The van der Waals surface area contributed by atoms with Crippen LogP contribution in [0.15, 0.2) is 34.2 Å². The Morgan fingerprint density at radius 3 is 2.45 bits per heavy atom. The Hall–Kier alpha value is -0.900. The highest BCUT2D eigenvalue weighted by Gasteiger charge is 2.18. The summed E-state index contributed by atoms with van der Waals surface area (Å²) >= 11 is 0. The van der Waals surface area contributed by atoms with Gasteiger partial charge in [-0.2, -0.15) is 0 Å². The number of nitrogens with zero attached hydrogens (tertiary/aromatic N) is 1. The highest BCUT2D eigenvalue weighted by Crippen LogP contribution is 2.14. The molecule has 0 saturated carbocycles. The van der Waals surface area contributed by atoms with Crippen molar-refractivity contribution < 1.29 is 12.8 Å². The van der Waals surface area contributed by atoms with Crippen molar-refractivity contribution in [3.63, 3.8) is 0 Å². The molecule has 0 aliphatic heterocycles. The van der Waals surface area contributed by atoms with Crippen molar-refractivity contribution in [2.24, 2.45) is 4.99 Å². The first-order valence-corrected chi connectivity index (χ1v) is 8.58. The highest BCUT2D eigenvalue weighted by molar-refractivity contribution is 14.0. The van der Waals surface area contributed by atoms with Gasteiger partial charge in [-0.1, -0.05) is 25.5 Å². The van der Waals surface area contributed by atoms with E-state index in [2.05, 4.69) is 22.5 Å². The van der Waals surface area contributed by atoms with Crippen LogP contribution in [-0.4, -0.2) is 40.3 Å². The standard InChI is InChI=1S/C14H22FN3O2S.HI/c1-3-4-9-17-14(16-2)18-10-11-21(19,20)13-8-6-5-7-12(13)15;/h5-8H,3-4,9-11H2,1-2H3,(H2,16,17,18);1H. The van der Waals surface area contributed by atoms with Crippen LogP contribution < -0.4 is 10.6 Å². The first-order chi connectivity index (χ1) is 10.0. The number of sulfone groups is 1. The van der Waals surface area contributed by atoms with Gasteiger partial charge in [-0.25, -0.2) is 12.8 Å². The lowest BCUT2D eigenvalue weighted by molar-refractivity contribution is 0.566. The smallest absolute Gasteiger partial charge is 0.191 e. The molecule has 0 bridgehead atoms. The zero-order valence-electron chi connectivity index (χ0n) is 12.8. The summed E-state index contributed by atoms with van der Waals surface area (Å²) in [5.41, 5.74) is 0. The SMILES string of the molecule is CCCCNC(=NC)NCCS(=O)(=O)c1ccccc1F.I. The van der Waals surface area contributed by atoms with Gasteiger partial charge in [0.1, 0.15) is 10.7 Å². The minimum absolute atomic E-state index is 0. The van der Waals surface area contributed by atoms with Gasteiger partial charge in [0.2, 0.25) is 0 Å². The topological polar surface area (TPSA) is 70.6 Å². The monoisotopic (exact) mass is 443 g/mol. The van der Waals surface area contributed by atoms with Gasteiger partial charge >= 0.3 is 0 Å². The number of rotatable bonds is 7. The van der Waals surface area contributed by atoms with Gasteiger partial charge in [0, 0.05) is 20.1 Å².